The van der Waals surface area contributed by atoms with Gasteiger partial charge in [-0.25, -0.2) is 0 Å². The van der Waals surface area contributed by atoms with Crippen LogP contribution in [0.2, 0.25) is 0 Å². The maximum atomic E-state index is 12.0. The van der Waals surface area contributed by atoms with E-state index in [1.165, 1.54) is 0 Å². The van der Waals surface area contributed by atoms with E-state index in [-0.39, 0.29) is 11.8 Å². The van der Waals surface area contributed by atoms with Crippen molar-refractivity contribution < 1.29 is 4.79 Å². The van der Waals surface area contributed by atoms with Crippen LogP contribution in [-0.2, 0) is 11.8 Å². The van der Waals surface area contributed by atoms with E-state index in [1.807, 2.05) is 35.9 Å². The number of carbonyl (C=O) groups excluding carboxylic acids is 1. The Balaban J connectivity index is 1.95. The van der Waals surface area contributed by atoms with Gasteiger partial charge in [-0.15, -0.1) is 22.5 Å². The average Bonchev–Trinajstić information content (AvgIpc) is 3.05. The minimum Gasteiger partial charge on any atom is -0.317 e. The van der Waals surface area contributed by atoms with Crippen molar-refractivity contribution >= 4 is 11.6 Å². The number of rotatable bonds is 2. The third kappa shape index (κ3) is 2.05. The van der Waals surface area contributed by atoms with E-state index in [0.717, 1.165) is 17.1 Å². The molecule has 1 unspecified atom stereocenters. The molecule has 1 atom stereocenters. The molecule has 0 saturated carbocycles. The quantitative estimate of drug-likeness (QED) is 0.773. The highest BCUT2D eigenvalue weighted by Crippen LogP contribution is 2.28. The second-order valence-electron chi connectivity index (χ2n) is 4.89. The van der Waals surface area contributed by atoms with E-state index in [9.17, 15) is 4.79 Å². The number of nitrogens with zero attached hydrogens (tertiary/aromatic N) is 4. The number of anilines is 1. The summed E-state index contributed by atoms with van der Waals surface area (Å²) in [6.45, 7) is 0.581. The molecule has 100 valence electrons. The molecule has 1 aromatic carbocycles. The van der Waals surface area contributed by atoms with Gasteiger partial charge in [0.1, 0.15) is 6.33 Å². The van der Waals surface area contributed by atoms with Gasteiger partial charge in [-0.3, -0.25) is 4.79 Å². The number of amides is 1. The lowest BCUT2D eigenvalue weighted by molar-refractivity contribution is -0.117. The summed E-state index contributed by atoms with van der Waals surface area (Å²) in [5, 5.41) is 7.95. The van der Waals surface area contributed by atoms with E-state index in [4.69, 9.17) is 6.42 Å². The SMILES string of the molecule is C#CC1CC(=O)N(c2cccc(-c3nncn3C)c2)C1. The van der Waals surface area contributed by atoms with Crippen molar-refractivity contribution in [1.82, 2.24) is 14.8 Å². The fourth-order valence-electron chi connectivity index (χ4n) is 2.43. The molecule has 1 amide bonds. The molecule has 1 aliphatic heterocycles. The number of hydrogen-bond donors (Lipinski definition) is 0. The van der Waals surface area contributed by atoms with Gasteiger partial charge in [-0.2, -0.15) is 0 Å². The molecule has 0 N–H and O–H groups in total. The molecular weight excluding hydrogens is 252 g/mol. The number of carbonyl (C=O) groups is 1. The van der Waals surface area contributed by atoms with Gasteiger partial charge in [0, 0.05) is 37.2 Å². The second kappa shape index (κ2) is 4.82. The van der Waals surface area contributed by atoms with Crippen LogP contribution >= 0.6 is 0 Å². The molecule has 2 aromatic rings. The van der Waals surface area contributed by atoms with Crippen LogP contribution in [0.1, 0.15) is 6.42 Å². The van der Waals surface area contributed by atoms with Crippen LogP contribution in [0.4, 0.5) is 5.69 Å². The zero-order valence-electron chi connectivity index (χ0n) is 11.2. The van der Waals surface area contributed by atoms with Crippen molar-refractivity contribution in [2.75, 3.05) is 11.4 Å². The van der Waals surface area contributed by atoms with Crippen molar-refractivity contribution in [3.63, 3.8) is 0 Å². The minimum atomic E-state index is 0.000911. The van der Waals surface area contributed by atoms with E-state index >= 15 is 0 Å². The van der Waals surface area contributed by atoms with Gasteiger partial charge in [-0.05, 0) is 12.1 Å². The molecule has 1 fully saturated rings. The Kier molecular flexibility index (Phi) is 2.99. The molecule has 2 heterocycles. The number of hydrogen-bond acceptors (Lipinski definition) is 3. The van der Waals surface area contributed by atoms with Crippen molar-refractivity contribution in [3.8, 4) is 23.7 Å². The van der Waals surface area contributed by atoms with Crippen molar-refractivity contribution in [3.05, 3.63) is 30.6 Å². The normalized spacial score (nSPS) is 18.3. The molecule has 5 nitrogen and oxygen atoms in total. The van der Waals surface area contributed by atoms with Crippen molar-refractivity contribution in [2.24, 2.45) is 13.0 Å². The lowest BCUT2D eigenvalue weighted by Gasteiger charge is -2.16. The maximum absolute atomic E-state index is 12.0. The number of aryl methyl sites for hydroxylation is 1. The van der Waals surface area contributed by atoms with Gasteiger partial charge in [-0.1, -0.05) is 12.1 Å². The highest BCUT2D eigenvalue weighted by atomic mass is 16.2. The smallest absolute Gasteiger partial charge is 0.228 e. The lowest BCUT2D eigenvalue weighted by Crippen LogP contribution is -2.24. The van der Waals surface area contributed by atoms with Crippen molar-refractivity contribution in [2.45, 2.75) is 6.42 Å². The first-order chi connectivity index (χ1) is 9.69. The molecule has 3 rings (SSSR count). The van der Waals surface area contributed by atoms with Crippen LogP contribution < -0.4 is 4.90 Å². The van der Waals surface area contributed by atoms with E-state index in [0.29, 0.717) is 13.0 Å². The molecule has 0 radical (unpaired) electrons. The van der Waals surface area contributed by atoms with E-state index < -0.39 is 0 Å². The van der Waals surface area contributed by atoms with Crippen molar-refractivity contribution in [1.29, 1.82) is 0 Å². The summed E-state index contributed by atoms with van der Waals surface area (Å²) in [7, 11) is 1.89. The summed E-state index contributed by atoms with van der Waals surface area (Å²) in [6.07, 6.45) is 7.48. The highest BCUT2D eigenvalue weighted by molar-refractivity contribution is 5.96. The third-order valence-electron chi connectivity index (χ3n) is 3.49. The van der Waals surface area contributed by atoms with Crippen LogP contribution in [0.5, 0.6) is 0 Å². The first kappa shape index (κ1) is 12.4. The van der Waals surface area contributed by atoms with Crippen LogP contribution in [0.3, 0.4) is 0 Å². The minimum absolute atomic E-state index is 0.000911. The molecule has 20 heavy (non-hydrogen) atoms. The van der Waals surface area contributed by atoms with E-state index in [2.05, 4.69) is 16.1 Å². The van der Waals surface area contributed by atoms with Gasteiger partial charge in [0.2, 0.25) is 5.91 Å². The zero-order chi connectivity index (χ0) is 14.1. The number of aromatic nitrogens is 3. The van der Waals surface area contributed by atoms with Gasteiger partial charge in [0.05, 0.1) is 0 Å². The van der Waals surface area contributed by atoms with Crippen LogP contribution in [-0.4, -0.2) is 27.2 Å². The molecule has 0 aliphatic carbocycles. The Morgan fingerprint density at radius 1 is 1.45 bits per heavy atom. The Bertz CT molecular complexity index is 698. The molecule has 1 aliphatic rings. The zero-order valence-corrected chi connectivity index (χ0v) is 11.2. The molecule has 0 spiro atoms. The molecule has 1 saturated heterocycles. The highest BCUT2D eigenvalue weighted by Gasteiger charge is 2.29. The first-order valence-electron chi connectivity index (χ1n) is 6.40. The largest absolute Gasteiger partial charge is 0.317 e. The number of benzene rings is 1. The second-order valence-corrected chi connectivity index (χ2v) is 4.89. The van der Waals surface area contributed by atoms with Gasteiger partial charge in [0.25, 0.3) is 0 Å². The topological polar surface area (TPSA) is 51.0 Å². The Labute approximate surface area is 117 Å². The first-order valence-corrected chi connectivity index (χ1v) is 6.40. The molecular formula is C15H14N4O. The Hall–Kier alpha value is -2.61. The standard InChI is InChI=1S/C15H14N4O/c1-3-11-7-14(20)19(9-11)13-6-4-5-12(8-13)15-17-16-10-18(15)2/h1,4-6,8,10-11H,7,9H2,2H3. The summed E-state index contributed by atoms with van der Waals surface area (Å²) in [5.41, 5.74) is 1.78. The summed E-state index contributed by atoms with van der Waals surface area (Å²) in [6, 6.07) is 7.72. The van der Waals surface area contributed by atoms with Crippen LogP contribution in [0, 0.1) is 18.3 Å². The van der Waals surface area contributed by atoms with E-state index in [1.54, 1.807) is 11.2 Å². The fourth-order valence-corrected chi connectivity index (χ4v) is 2.43. The van der Waals surface area contributed by atoms with Gasteiger partial charge < -0.3 is 9.47 Å². The molecule has 0 bridgehead atoms. The predicted octanol–water partition coefficient (Wildman–Crippen LogP) is 1.47. The molecule has 5 heteroatoms. The monoisotopic (exact) mass is 266 g/mol. The summed E-state index contributed by atoms with van der Waals surface area (Å²) >= 11 is 0. The third-order valence-corrected chi connectivity index (χ3v) is 3.49. The Morgan fingerprint density at radius 3 is 2.95 bits per heavy atom. The Morgan fingerprint density at radius 2 is 2.30 bits per heavy atom. The lowest BCUT2D eigenvalue weighted by atomic mass is 10.1. The van der Waals surface area contributed by atoms with Crippen LogP contribution in [0.25, 0.3) is 11.4 Å². The summed E-state index contributed by atoms with van der Waals surface area (Å²) in [4.78, 5) is 13.7. The average molecular weight is 266 g/mol. The summed E-state index contributed by atoms with van der Waals surface area (Å²) in [5.74, 6) is 3.50. The predicted molar refractivity (Wildman–Crippen MR) is 75.7 cm³/mol. The number of terminal acetylenes is 1. The molecule has 1 aromatic heterocycles. The summed E-state index contributed by atoms with van der Waals surface area (Å²) < 4.78 is 1.84. The maximum Gasteiger partial charge on any atom is 0.228 e. The fraction of sp³-hybridized carbons (Fsp3) is 0.267. The van der Waals surface area contributed by atoms with Gasteiger partial charge >= 0.3 is 0 Å². The van der Waals surface area contributed by atoms with Gasteiger partial charge in [0.15, 0.2) is 5.82 Å². The van der Waals surface area contributed by atoms with Crippen LogP contribution in [0.15, 0.2) is 30.6 Å².